The third-order valence-electron chi connectivity index (χ3n) is 2.67. The maximum absolute atomic E-state index is 11.9. The molecule has 1 aromatic rings. The smallest absolute Gasteiger partial charge is 0.169 e. The number of rotatable bonds is 4. The molecule has 0 spiro atoms. The molecule has 0 aliphatic heterocycles. The van der Waals surface area contributed by atoms with Crippen LogP contribution in [0.5, 0.6) is 0 Å². The van der Waals surface area contributed by atoms with Crippen molar-refractivity contribution in [1.29, 1.82) is 0 Å². The SMILES string of the molecule is CCCC(C)C(=O)c1cnn(C)c1C. The highest BCUT2D eigenvalue weighted by atomic mass is 16.1. The Kier molecular flexibility index (Phi) is 3.44. The summed E-state index contributed by atoms with van der Waals surface area (Å²) < 4.78 is 1.74. The van der Waals surface area contributed by atoms with Crippen LogP contribution in [-0.2, 0) is 7.05 Å². The van der Waals surface area contributed by atoms with Crippen LogP contribution < -0.4 is 0 Å². The van der Waals surface area contributed by atoms with E-state index in [4.69, 9.17) is 0 Å². The molecule has 0 aliphatic carbocycles. The van der Waals surface area contributed by atoms with Crippen LogP contribution in [0, 0.1) is 12.8 Å². The summed E-state index contributed by atoms with van der Waals surface area (Å²) in [5.74, 6) is 0.334. The zero-order valence-corrected chi connectivity index (χ0v) is 9.37. The molecule has 0 N–H and O–H groups in total. The van der Waals surface area contributed by atoms with Crippen molar-refractivity contribution in [2.75, 3.05) is 0 Å². The van der Waals surface area contributed by atoms with Gasteiger partial charge in [-0.15, -0.1) is 0 Å². The van der Waals surface area contributed by atoms with Gasteiger partial charge in [0.1, 0.15) is 0 Å². The molecule has 1 rings (SSSR count). The molecule has 78 valence electrons. The largest absolute Gasteiger partial charge is 0.294 e. The van der Waals surface area contributed by atoms with Crippen LogP contribution >= 0.6 is 0 Å². The average Bonchev–Trinajstić information content (AvgIpc) is 2.47. The minimum absolute atomic E-state index is 0.114. The molecular formula is C11H18N2O. The summed E-state index contributed by atoms with van der Waals surface area (Å²) in [5, 5.41) is 4.08. The number of aryl methyl sites for hydroxylation is 1. The standard InChI is InChI=1S/C11H18N2O/c1-5-6-8(2)11(14)10-7-12-13(4)9(10)3/h7-8H,5-6H2,1-4H3. The lowest BCUT2D eigenvalue weighted by Crippen LogP contribution is -2.12. The molecule has 0 bridgehead atoms. The van der Waals surface area contributed by atoms with E-state index >= 15 is 0 Å². The Morgan fingerprint density at radius 2 is 2.29 bits per heavy atom. The number of carbonyl (C=O) groups is 1. The summed E-state index contributed by atoms with van der Waals surface area (Å²) in [5.41, 5.74) is 1.73. The normalized spacial score (nSPS) is 12.9. The first-order valence-electron chi connectivity index (χ1n) is 5.10. The number of nitrogens with zero attached hydrogens (tertiary/aromatic N) is 2. The van der Waals surface area contributed by atoms with Gasteiger partial charge in [-0.25, -0.2) is 0 Å². The number of hydrogen-bond donors (Lipinski definition) is 0. The van der Waals surface area contributed by atoms with Crippen molar-refractivity contribution in [2.45, 2.75) is 33.6 Å². The van der Waals surface area contributed by atoms with Crippen molar-refractivity contribution in [2.24, 2.45) is 13.0 Å². The maximum Gasteiger partial charge on any atom is 0.169 e. The zero-order valence-electron chi connectivity index (χ0n) is 9.37. The lowest BCUT2D eigenvalue weighted by atomic mass is 9.96. The van der Waals surface area contributed by atoms with Gasteiger partial charge in [0.15, 0.2) is 5.78 Å². The second-order valence-corrected chi connectivity index (χ2v) is 3.82. The van der Waals surface area contributed by atoms with E-state index in [0.29, 0.717) is 0 Å². The molecule has 0 aliphatic rings. The number of carbonyl (C=O) groups excluding carboxylic acids is 1. The Morgan fingerprint density at radius 3 is 2.71 bits per heavy atom. The van der Waals surface area contributed by atoms with Crippen LogP contribution in [0.15, 0.2) is 6.20 Å². The lowest BCUT2D eigenvalue weighted by molar-refractivity contribution is 0.0923. The first kappa shape index (κ1) is 11.0. The summed E-state index contributed by atoms with van der Waals surface area (Å²) in [7, 11) is 1.86. The van der Waals surface area contributed by atoms with Gasteiger partial charge in [-0.05, 0) is 13.3 Å². The number of Topliss-reactive ketones (excluding diaryl/α,β-unsaturated/α-hetero) is 1. The Labute approximate surface area is 85.1 Å². The molecule has 0 fully saturated rings. The van der Waals surface area contributed by atoms with E-state index in [0.717, 1.165) is 24.1 Å². The van der Waals surface area contributed by atoms with E-state index in [1.165, 1.54) is 0 Å². The van der Waals surface area contributed by atoms with Gasteiger partial charge in [-0.2, -0.15) is 5.10 Å². The minimum atomic E-state index is 0.114. The first-order valence-corrected chi connectivity index (χ1v) is 5.10. The third kappa shape index (κ3) is 2.03. The summed E-state index contributed by atoms with van der Waals surface area (Å²) >= 11 is 0. The molecular weight excluding hydrogens is 176 g/mol. The molecule has 1 heterocycles. The van der Waals surface area contributed by atoms with Crippen LogP contribution in [0.4, 0.5) is 0 Å². The Balaban J connectivity index is 2.84. The quantitative estimate of drug-likeness (QED) is 0.689. The molecule has 0 saturated carbocycles. The van der Waals surface area contributed by atoms with Crippen molar-refractivity contribution in [3.63, 3.8) is 0 Å². The summed E-state index contributed by atoms with van der Waals surface area (Å²) in [4.78, 5) is 11.9. The summed E-state index contributed by atoms with van der Waals surface area (Å²) in [6.07, 6.45) is 3.67. The Bertz CT molecular complexity index is 328. The first-order chi connectivity index (χ1) is 6.57. The van der Waals surface area contributed by atoms with Crippen molar-refractivity contribution in [3.8, 4) is 0 Å². The summed E-state index contributed by atoms with van der Waals surface area (Å²) in [6, 6.07) is 0. The van der Waals surface area contributed by atoms with Crippen LogP contribution in [0.3, 0.4) is 0 Å². The molecule has 1 unspecified atom stereocenters. The minimum Gasteiger partial charge on any atom is -0.294 e. The predicted octanol–water partition coefficient (Wildman–Crippen LogP) is 2.35. The van der Waals surface area contributed by atoms with Gasteiger partial charge in [0.25, 0.3) is 0 Å². The fourth-order valence-electron chi connectivity index (χ4n) is 1.57. The highest BCUT2D eigenvalue weighted by Crippen LogP contribution is 2.15. The number of ketones is 1. The fraction of sp³-hybridized carbons (Fsp3) is 0.636. The Hall–Kier alpha value is -1.12. The van der Waals surface area contributed by atoms with Gasteiger partial charge in [0.05, 0.1) is 11.8 Å². The lowest BCUT2D eigenvalue weighted by Gasteiger charge is -2.07. The fourth-order valence-corrected chi connectivity index (χ4v) is 1.57. The molecule has 1 aromatic heterocycles. The molecule has 3 nitrogen and oxygen atoms in total. The highest BCUT2D eigenvalue weighted by molar-refractivity contribution is 5.98. The monoisotopic (exact) mass is 194 g/mol. The van der Waals surface area contributed by atoms with Crippen LogP contribution in [0.1, 0.15) is 42.7 Å². The van der Waals surface area contributed by atoms with E-state index in [1.54, 1.807) is 10.9 Å². The topological polar surface area (TPSA) is 34.9 Å². The second kappa shape index (κ2) is 4.40. The zero-order chi connectivity index (χ0) is 10.7. The number of aromatic nitrogens is 2. The van der Waals surface area contributed by atoms with Crippen molar-refractivity contribution < 1.29 is 4.79 Å². The third-order valence-corrected chi connectivity index (χ3v) is 2.67. The molecule has 0 amide bonds. The average molecular weight is 194 g/mol. The van der Waals surface area contributed by atoms with Gasteiger partial charge >= 0.3 is 0 Å². The number of hydrogen-bond acceptors (Lipinski definition) is 2. The van der Waals surface area contributed by atoms with Crippen molar-refractivity contribution in [1.82, 2.24) is 9.78 Å². The summed E-state index contributed by atoms with van der Waals surface area (Å²) in [6.45, 7) is 6.01. The second-order valence-electron chi connectivity index (χ2n) is 3.82. The van der Waals surface area contributed by atoms with Crippen LogP contribution in [0.25, 0.3) is 0 Å². The maximum atomic E-state index is 11.9. The molecule has 0 saturated heterocycles. The van der Waals surface area contributed by atoms with E-state index in [9.17, 15) is 4.79 Å². The molecule has 0 radical (unpaired) electrons. The van der Waals surface area contributed by atoms with E-state index in [1.807, 2.05) is 20.9 Å². The predicted molar refractivity (Wildman–Crippen MR) is 56.3 cm³/mol. The highest BCUT2D eigenvalue weighted by Gasteiger charge is 2.18. The van der Waals surface area contributed by atoms with Gasteiger partial charge in [0.2, 0.25) is 0 Å². The van der Waals surface area contributed by atoms with Crippen molar-refractivity contribution in [3.05, 3.63) is 17.5 Å². The molecule has 14 heavy (non-hydrogen) atoms. The van der Waals surface area contributed by atoms with Gasteiger partial charge in [-0.1, -0.05) is 20.3 Å². The van der Waals surface area contributed by atoms with Gasteiger partial charge in [-0.3, -0.25) is 9.48 Å². The van der Waals surface area contributed by atoms with Crippen LogP contribution in [0.2, 0.25) is 0 Å². The molecule has 1 atom stereocenters. The molecule has 3 heteroatoms. The van der Waals surface area contributed by atoms with Gasteiger partial charge < -0.3 is 0 Å². The van der Waals surface area contributed by atoms with Crippen molar-refractivity contribution >= 4 is 5.78 Å². The van der Waals surface area contributed by atoms with E-state index < -0.39 is 0 Å². The van der Waals surface area contributed by atoms with Crippen LogP contribution in [-0.4, -0.2) is 15.6 Å². The van der Waals surface area contributed by atoms with E-state index in [2.05, 4.69) is 12.0 Å². The van der Waals surface area contributed by atoms with Gasteiger partial charge in [0, 0.05) is 18.7 Å². The van der Waals surface area contributed by atoms with E-state index in [-0.39, 0.29) is 11.7 Å². The Morgan fingerprint density at radius 1 is 1.64 bits per heavy atom. The molecule has 0 aromatic carbocycles.